The molecule has 0 aromatic rings. The number of carbonyl (C=O) groups excluding carboxylic acids is 2. The molecule has 0 heterocycles. The van der Waals surface area contributed by atoms with Gasteiger partial charge in [-0.1, -0.05) is 6.08 Å². The second-order valence-electron chi connectivity index (χ2n) is 3.72. The molecular weight excluding hydrogens is 251 g/mol. The molecule has 3 N–H and O–H groups in total. The van der Waals surface area contributed by atoms with Gasteiger partial charge in [0.1, 0.15) is 6.54 Å². The van der Waals surface area contributed by atoms with Gasteiger partial charge in [-0.2, -0.15) is 13.2 Å². The fourth-order valence-corrected chi connectivity index (χ4v) is 1.11. The van der Waals surface area contributed by atoms with E-state index in [1.165, 1.54) is 13.1 Å². The predicted molar refractivity (Wildman–Crippen MR) is 59.5 cm³/mol. The second-order valence-corrected chi connectivity index (χ2v) is 3.72. The molecule has 18 heavy (non-hydrogen) atoms. The summed E-state index contributed by atoms with van der Waals surface area (Å²) in [5, 5.41) is 1.66. The van der Waals surface area contributed by atoms with Crippen LogP contribution in [0.5, 0.6) is 0 Å². The van der Waals surface area contributed by atoms with E-state index in [1.54, 1.807) is 5.32 Å². The van der Waals surface area contributed by atoms with E-state index in [1.807, 2.05) is 0 Å². The molecule has 0 radical (unpaired) electrons. The number of nitrogens with zero attached hydrogens (tertiary/aromatic N) is 1. The van der Waals surface area contributed by atoms with Crippen molar-refractivity contribution in [2.24, 2.45) is 5.73 Å². The topological polar surface area (TPSA) is 75.4 Å². The molecule has 0 aromatic heterocycles. The summed E-state index contributed by atoms with van der Waals surface area (Å²) >= 11 is 0. The first kappa shape index (κ1) is 16.4. The molecule has 0 saturated carbocycles. The zero-order valence-corrected chi connectivity index (χ0v) is 9.96. The highest BCUT2D eigenvalue weighted by molar-refractivity contribution is 5.87. The molecule has 2 amide bonds. The lowest BCUT2D eigenvalue weighted by atomic mass is 10.2. The number of amides is 2. The highest BCUT2D eigenvalue weighted by Gasteiger charge is 2.28. The summed E-state index contributed by atoms with van der Waals surface area (Å²) in [6, 6.07) is -0.845. The Hall–Kier alpha value is -1.57. The van der Waals surface area contributed by atoms with Crippen molar-refractivity contribution in [3.8, 4) is 0 Å². The van der Waals surface area contributed by atoms with E-state index in [9.17, 15) is 22.8 Å². The van der Waals surface area contributed by atoms with Crippen molar-refractivity contribution >= 4 is 11.8 Å². The largest absolute Gasteiger partial charge is 0.405 e. The minimum atomic E-state index is -4.47. The highest BCUT2D eigenvalue weighted by Crippen LogP contribution is 2.11. The maximum absolute atomic E-state index is 11.8. The Balaban J connectivity index is 4.15. The maximum Gasteiger partial charge on any atom is 0.405 e. The lowest BCUT2D eigenvalue weighted by Crippen LogP contribution is -2.46. The molecule has 0 aliphatic carbocycles. The first-order chi connectivity index (χ1) is 8.17. The Bertz CT molecular complexity index is 318. The summed E-state index contributed by atoms with van der Waals surface area (Å²) in [7, 11) is 1.29. The normalized spacial score (nSPS) is 12.7. The number of nitrogens with two attached hydrogens (primary N) is 1. The summed E-state index contributed by atoms with van der Waals surface area (Å²) in [5.74, 6) is -1.42. The average molecular weight is 267 g/mol. The van der Waals surface area contributed by atoms with Gasteiger partial charge in [0, 0.05) is 7.05 Å². The van der Waals surface area contributed by atoms with Crippen LogP contribution in [0.1, 0.15) is 6.42 Å². The Morgan fingerprint density at radius 1 is 1.50 bits per heavy atom. The van der Waals surface area contributed by atoms with Gasteiger partial charge < -0.3 is 16.0 Å². The molecule has 1 atom stereocenters. The van der Waals surface area contributed by atoms with Crippen LogP contribution in [0.25, 0.3) is 0 Å². The van der Waals surface area contributed by atoms with E-state index in [-0.39, 0.29) is 6.42 Å². The van der Waals surface area contributed by atoms with E-state index < -0.39 is 37.1 Å². The molecule has 0 saturated heterocycles. The molecule has 0 aliphatic heterocycles. The van der Waals surface area contributed by atoms with Crippen LogP contribution < -0.4 is 11.1 Å². The average Bonchev–Trinajstić information content (AvgIpc) is 2.24. The Morgan fingerprint density at radius 2 is 2.06 bits per heavy atom. The monoisotopic (exact) mass is 267 g/mol. The van der Waals surface area contributed by atoms with Crippen LogP contribution in [0.15, 0.2) is 12.7 Å². The minimum Gasteiger partial charge on any atom is -0.345 e. The van der Waals surface area contributed by atoms with Crippen LogP contribution in [0.3, 0.4) is 0 Å². The number of alkyl halides is 3. The molecule has 0 aromatic carbocycles. The minimum absolute atomic E-state index is 0.230. The van der Waals surface area contributed by atoms with Crippen LogP contribution in [0, 0.1) is 0 Å². The summed E-state index contributed by atoms with van der Waals surface area (Å²) in [4.78, 5) is 23.6. The van der Waals surface area contributed by atoms with Crippen molar-refractivity contribution < 1.29 is 22.8 Å². The molecule has 104 valence electrons. The number of nitrogens with one attached hydrogen (secondary N) is 1. The van der Waals surface area contributed by atoms with E-state index in [0.717, 1.165) is 4.90 Å². The fraction of sp³-hybridized carbons (Fsp3) is 0.600. The lowest BCUT2D eigenvalue weighted by molar-refractivity contribution is -0.142. The van der Waals surface area contributed by atoms with Gasteiger partial charge in [0.25, 0.3) is 0 Å². The number of hydrogen-bond acceptors (Lipinski definition) is 3. The molecule has 0 rings (SSSR count). The van der Waals surface area contributed by atoms with Crippen molar-refractivity contribution in [1.82, 2.24) is 10.2 Å². The third-order valence-corrected chi connectivity index (χ3v) is 1.98. The van der Waals surface area contributed by atoms with Crippen molar-refractivity contribution in [1.29, 1.82) is 0 Å². The first-order valence-corrected chi connectivity index (χ1v) is 5.12. The highest BCUT2D eigenvalue weighted by atomic mass is 19.4. The molecule has 0 spiro atoms. The molecule has 5 nitrogen and oxygen atoms in total. The first-order valence-electron chi connectivity index (χ1n) is 5.12. The second kappa shape index (κ2) is 7.00. The Morgan fingerprint density at radius 3 is 2.50 bits per heavy atom. The van der Waals surface area contributed by atoms with E-state index in [2.05, 4.69) is 6.58 Å². The molecule has 0 aliphatic rings. The standard InChI is InChI=1S/C10H16F3N3O2/c1-3-4-7(14)9(18)16(2)5-8(17)15-6-10(11,12)13/h3,7H,1,4-6,14H2,2H3,(H,15,17). The third kappa shape index (κ3) is 6.89. The van der Waals surface area contributed by atoms with Gasteiger partial charge in [0.15, 0.2) is 0 Å². The maximum atomic E-state index is 11.8. The molecule has 0 bridgehead atoms. The number of rotatable bonds is 6. The third-order valence-electron chi connectivity index (χ3n) is 1.98. The number of halogens is 3. The van der Waals surface area contributed by atoms with Crippen molar-refractivity contribution in [2.75, 3.05) is 20.1 Å². The quantitative estimate of drug-likeness (QED) is 0.666. The smallest absolute Gasteiger partial charge is 0.345 e. The number of carbonyl (C=O) groups is 2. The van der Waals surface area contributed by atoms with Crippen molar-refractivity contribution in [3.05, 3.63) is 12.7 Å². The molecule has 8 heteroatoms. The van der Waals surface area contributed by atoms with E-state index >= 15 is 0 Å². The summed E-state index contributed by atoms with van der Waals surface area (Å²) in [6.07, 6.45) is -2.80. The zero-order chi connectivity index (χ0) is 14.3. The van der Waals surface area contributed by atoms with Gasteiger partial charge in [-0.15, -0.1) is 6.58 Å². The van der Waals surface area contributed by atoms with Gasteiger partial charge in [-0.25, -0.2) is 0 Å². The summed E-state index contributed by atoms with van der Waals surface area (Å²) in [6.45, 7) is 1.51. The number of hydrogen-bond donors (Lipinski definition) is 2. The predicted octanol–water partition coefficient (Wildman–Crippen LogP) is 0.0267. The van der Waals surface area contributed by atoms with Crippen LogP contribution in [0.2, 0.25) is 0 Å². The van der Waals surface area contributed by atoms with Gasteiger partial charge in [0.05, 0.1) is 12.6 Å². The Kier molecular flexibility index (Phi) is 6.39. The van der Waals surface area contributed by atoms with Crippen LogP contribution >= 0.6 is 0 Å². The summed E-state index contributed by atoms with van der Waals surface area (Å²) < 4.78 is 35.4. The summed E-state index contributed by atoms with van der Waals surface area (Å²) in [5.41, 5.74) is 5.47. The van der Waals surface area contributed by atoms with Crippen molar-refractivity contribution in [2.45, 2.75) is 18.6 Å². The molecule has 0 fully saturated rings. The van der Waals surface area contributed by atoms with Gasteiger partial charge in [0.2, 0.25) is 11.8 Å². The van der Waals surface area contributed by atoms with E-state index in [0.29, 0.717) is 0 Å². The number of likely N-dealkylation sites (N-methyl/N-ethyl adjacent to an activating group) is 1. The van der Waals surface area contributed by atoms with Gasteiger partial charge in [-0.05, 0) is 6.42 Å². The molecule has 1 unspecified atom stereocenters. The van der Waals surface area contributed by atoms with Gasteiger partial charge in [-0.3, -0.25) is 9.59 Å². The Labute approximate surface area is 103 Å². The zero-order valence-electron chi connectivity index (χ0n) is 9.96. The SMILES string of the molecule is C=CCC(N)C(=O)N(C)CC(=O)NCC(F)(F)F. The van der Waals surface area contributed by atoms with Crippen LogP contribution in [0.4, 0.5) is 13.2 Å². The molecular formula is C10H16F3N3O2. The van der Waals surface area contributed by atoms with Crippen LogP contribution in [-0.4, -0.2) is 49.1 Å². The van der Waals surface area contributed by atoms with Crippen molar-refractivity contribution in [3.63, 3.8) is 0 Å². The van der Waals surface area contributed by atoms with E-state index in [4.69, 9.17) is 5.73 Å². The fourth-order valence-electron chi connectivity index (χ4n) is 1.11. The lowest BCUT2D eigenvalue weighted by Gasteiger charge is -2.20. The van der Waals surface area contributed by atoms with Gasteiger partial charge >= 0.3 is 6.18 Å². The van der Waals surface area contributed by atoms with Crippen LogP contribution in [-0.2, 0) is 9.59 Å².